The van der Waals surface area contributed by atoms with Crippen LogP contribution in [0.3, 0.4) is 0 Å². The van der Waals surface area contributed by atoms with E-state index in [1.807, 2.05) is 19.1 Å². The normalized spacial score (nSPS) is 12.3. The number of ether oxygens (including phenoxy) is 1. The Morgan fingerprint density at radius 1 is 1.26 bits per heavy atom. The second kappa shape index (κ2) is 8.05. The highest BCUT2D eigenvalue weighted by Crippen LogP contribution is 2.22. The Morgan fingerprint density at radius 3 is 2.58 bits per heavy atom. The number of hydrogen-bond acceptors (Lipinski definition) is 2. The van der Waals surface area contributed by atoms with E-state index in [0.29, 0.717) is 16.7 Å². The first-order valence-electron chi connectivity index (χ1n) is 6.65. The number of carbonyl (C=O) groups excluding carboxylic acids is 1. The van der Waals surface area contributed by atoms with E-state index < -0.39 is 0 Å². The van der Waals surface area contributed by atoms with Crippen molar-refractivity contribution in [2.45, 2.75) is 39.7 Å². The van der Waals surface area contributed by atoms with E-state index in [-0.39, 0.29) is 18.6 Å². The minimum Gasteiger partial charge on any atom is -0.482 e. The molecule has 0 aliphatic heterocycles. The highest BCUT2D eigenvalue weighted by Gasteiger charge is 2.09. The molecule has 1 aromatic carbocycles. The van der Waals surface area contributed by atoms with Gasteiger partial charge >= 0.3 is 0 Å². The number of amides is 1. The largest absolute Gasteiger partial charge is 0.482 e. The molecule has 0 fully saturated rings. The van der Waals surface area contributed by atoms with Crippen LogP contribution in [0.4, 0.5) is 0 Å². The third-order valence-electron chi connectivity index (χ3n) is 2.78. The van der Waals surface area contributed by atoms with E-state index in [1.165, 1.54) is 0 Å². The first kappa shape index (κ1) is 15.8. The quantitative estimate of drug-likeness (QED) is 0.829. The molecule has 19 heavy (non-hydrogen) atoms. The summed E-state index contributed by atoms with van der Waals surface area (Å²) in [6.07, 6.45) is 2.09. The topological polar surface area (TPSA) is 38.3 Å². The molecule has 1 atom stereocenters. The number of benzene rings is 1. The zero-order valence-electron chi connectivity index (χ0n) is 11.8. The summed E-state index contributed by atoms with van der Waals surface area (Å²) in [5.74, 6) is 1.07. The summed E-state index contributed by atoms with van der Waals surface area (Å²) in [6.45, 7) is 6.36. The fourth-order valence-electron chi connectivity index (χ4n) is 1.68. The van der Waals surface area contributed by atoms with Gasteiger partial charge in [0.15, 0.2) is 6.61 Å². The van der Waals surface area contributed by atoms with Crippen molar-refractivity contribution in [2.75, 3.05) is 6.61 Å². The van der Waals surface area contributed by atoms with Crippen LogP contribution in [0.25, 0.3) is 0 Å². The molecule has 0 aliphatic carbocycles. The molecule has 106 valence electrons. The van der Waals surface area contributed by atoms with Crippen molar-refractivity contribution < 1.29 is 9.53 Å². The van der Waals surface area contributed by atoms with Gasteiger partial charge in [-0.1, -0.05) is 37.6 Å². The van der Waals surface area contributed by atoms with Gasteiger partial charge in [-0.15, -0.1) is 0 Å². The molecule has 1 rings (SSSR count). The lowest BCUT2D eigenvalue weighted by Crippen LogP contribution is -2.36. The number of nitrogens with one attached hydrogen (secondary N) is 1. The maximum Gasteiger partial charge on any atom is 0.258 e. The molecule has 0 bridgehead atoms. The highest BCUT2D eigenvalue weighted by atomic mass is 35.5. The lowest BCUT2D eigenvalue weighted by Gasteiger charge is -2.15. The second-order valence-electron chi connectivity index (χ2n) is 5.16. The fourth-order valence-corrected chi connectivity index (χ4v) is 1.87. The molecule has 4 heteroatoms. The maximum absolute atomic E-state index is 11.7. The molecule has 1 amide bonds. The van der Waals surface area contributed by atoms with Crippen LogP contribution in [0.15, 0.2) is 24.3 Å². The van der Waals surface area contributed by atoms with Crippen molar-refractivity contribution in [3.05, 3.63) is 29.3 Å². The van der Waals surface area contributed by atoms with Gasteiger partial charge in [-0.25, -0.2) is 0 Å². The second-order valence-corrected chi connectivity index (χ2v) is 5.57. The summed E-state index contributed by atoms with van der Waals surface area (Å²) < 4.78 is 5.38. The van der Waals surface area contributed by atoms with Crippen LogP contribution >= 0.6 is 11.6 Å². The molecule has 0 spiro atoms. The third-order valence-corrected chi connectivity index (χ3v) is 3.09. The van der Waals surface area contributed by atoms with Gasteiger partial charge < -0.3 is 10.1 Å². The molecule has 0 aromatic heterocycles. The van der Waals surface area contributed by atoms with Gasteiger partial charge in [-0.3, -0.25) is 4.79 Å². The molecule has 1 unspecified atom stereocenters. The average Bonchev–Trinajstić information content (AvgIpc) is 2.35. The summed E-state index contributed by atoms with van der Waals surface area (Å²) >= 11 is 5.94. The van der Waals surface area contributed by atoms with Crippen LogP contribution in [0, 0.1) is 5.92 Å². The van der Waals surface area contributed by atoms with E-state index in [1.54, 1.807) is 12.1 Å². The molecule has 0 aliphatic rings. The molecule has 0 saturated heterocycles. The van der Waals surface area contributed by atoms with Gasteiger partial charge in [-0.2, -0.15) is 0 Å². The van der Waals surface area contributed by atoms with Gasteiger partial charge in [0.2, 0.25) is 0 Å². The Hall–Kier alpha value is -1.22. The van der Waals surface area contributed by atoms with E-state index in [0.717, 1.165) is 12.8 Å². The van der Waals surface area contributed by atoms with Crippen LogP contribution in [0.5, 0.6) is 5.75 Å². The maximum atomic E-state index is 11.7. The van der Waals surface area contributed by atoms with Crippen molar-refractivity contribution in [1.82, 2.24) is 5.32 Å². The predicted molar refractivity (Wildman–Crippen MR) is 78.6 cm³/mol. The number of rotatable bonds is 7. The average molecular weight is 284 g/mol. The smallest absolute Gasteiger partial charge is 0.258 e. The minimum absolute atomic E-state index is 0.00421. The Labute approximate surface area is 120 Å². The number of hydrogen-bond donors (Lipinski definition) is 1. The molecule has 0 radical (unpaired) electrons. The van der Waals surface area contributed by atoms with E-state index >= 15 is 0 Å². The van der Waals surface area contributed by atoms with Crippen LogP contribution in [-0.4, -0.2) is 18.6 Å². The molecule has 0 heterocycles. The van der Waals surface area contributed by atoms with Crippen molar-refractivity contribution in [2.24, 2.45) is 5.92 Å². The van der Waals surface area contributed by atoms with Crippen LogP contribution in [0.1, 0.15) is 33.6 Å². The van der Waals surface area contributed by atoms with Crippen LogP contribution in [-0.2, 0) is 4.79 Å². The van der Waals surface area contributed by atoms with Gasteiger partial charge in [0.05, 0.1) is 5.02 Å². The monoisotopic (exact) mass is 283 g/mol. The molecular weight excluding hydrogens is 262 g/mol. The zero-order valence-corrected chi connectivity index (χ0v) is 12.5. The number of para-hydroxylation sites is 1. The van der Waals surface area contributed by atoms with Gasteiger partial charge in [0, 0.05) is 6.04 Å². The summed E-state index contributed by atoms with van der Waals surface area (Å²) in [5, 5.41) is 3.43. The Balaban J connectivity index is 2.30. The van der Waals surface area contributed by atoms with Crippen molar-refractivity contribution in [3.63, 3.8) is 0 Å². The standard InChI is InChI=1S/C15H22ClNO2/c1-11(2)8-9-12(3)17-15(18)10-19-14-7-5-4-6-13(14)16/h4-7,11-12H,8-10H2,1-3H3,(H,17,18). The molecule has 1 aromatic rings. The predicted octanol–water partition coefficient (Wildman–Crippen LogP) is 3.66. The summed E-state index contributed by atoms with van der Waals surface area (Å²) in [5.41, 5.74) is 0. The minimum atomic E-state index is -0.115. The van der Waals surface area contributed by atoms with Crippen LogP contribution in [0.2, 0.25) is 5.02 Å². The molecule has 1 N–H and O–H groups in total. The molecule has 3 nitrogen and oxygen atoms in total. The Kier molecular flexibility index (Phi) is 6.71. The SMILES string of the molecule is CC(C)CCC(C)NC(=O)COc1ccccc1Cl. The summed E-state index contributed by atoms with van der Waals surface area (Å²) in [6, 6.07) is 7.30. The fraction of sp³-hybridized carbons (Fsp3) is 0.533. The lowest BCUT2D eigenvalue weighted by atomic mass is 10.0. The van der Waals surface area contributed by atoms with Crippen molar-refractivity contribution in [3.8, 4) is 5.75 Å². The lowest BCUT2D eigenvalue weighted by molar-refractivity contribution is -0.123. The van der Waals surface area contributed by atoms with Gasteiger partial charge in [0.25, 0.3) is 5.91 Å². The summed E-state index contributed by atoms with van der Waals surface area (Å²) in [4.78, 5) is 11.7. The highest BCUT2D eigenvalue weighted by molar-refractivity contribution is 6.32. The van der Waals surface area contributed by atoms with E-state index in [4.69, 9.17) is 16.3 Å². The van der Waals surface area contributed by atoms with Gasteiger partial charge in [0.1, 0.15) is 5.75 Å². The van der Waals surface area contributed by atoms with Crippen LogP contribution < -0.4 is 10.1 Å². The van der Waals surface area contributed by atoms with Crippen molar-refractivity contribution >= 4 is 17.5 Å². The molecule has 0 saturated carbocycles. The van der Waals surface area contributed by atoms with E-state index in [2.05, 4.69) is 19.2 Å². The Morgan fingerprint density at radius 2 is 1.95 bits per heavy atom. The zero-order chi connectivity index (χ0) is 14.3. The van der Waals surface area contributed by atoms with Gasteiger partial charge in [-0.05, 0) is 37.8 Å². The first-order chi connectivity index (χ1) is 8.99. The van der Waals surface area contributed by atoms with Crippen molar-refractivity contribution in [1.29, 1.82) is 0 Å². The summed E-state index contributed by atoms with van der Waals surface area (Å²) in [7, 11) is 0. The van der Waals surface area contributed by atoms with E-state index in [9.17, 15) is 4.79 Å². The first-order valence-corrected chi connectivity index (χ1v) is 7.03. The number of carbonyl (C=O) groups is 1. The number of halogens is 1. The third kappa shape index (κ3) is 6.48. The molecular formula is C15H22ClNO2. The Bertz CT molecular complexity index is 407.